The van der Waals surface area contributed by atoms with E-state index in [-0.39, 0.29) is 0 Å². The highest BCUT2D eigenvalue weighted by molar-refractivity contribution is 9.10. The number of nitrogens with zero attached hydrogens (tertiary/aromatic N) is 1. The molecule has 0 bridgehead atoms. The molecule has 1 fully saturated rings. The van der Waals surface area contributed by atoms with Crippen molar-refractivity contribution in [2.24, 2.45) is 11.7 Å². The Morgan fingerprint density at radius 1 is 1.47 bits per heavy atom. The average Bonchev–Trinajstić information content (AvgIpc) is 2.39. The van der Waals surface area contributed by atoms with Gasteiger partial charge in [-0.2, -0.15) is 0 Å². The monoisotopic (exact) mass is 326 g/mol. The lowest BCUT2D eigenvalue weighted by molar-refractivity contribution is 0.0895. The second-order valence-corrected chi connectivity index (χ2v) is 6.18. The van der Waals surface area contributed by atoms with Crippen molar-refractivity contribution >= 4 is 15.9 Å². The maximum Gasteiger partial charge on any atom is 0.120 e. The van der Waals surface area contributed by atoms with Gasteiger partial charge in [0.25, 0.3) is 0 Å². The van der Waals surface area contributed by atoms with Crippen LogP contribution in [-0.4, -0.2) is 37.2 Å². The number of rotatable bonds is 5. The number of hydrogen-bond acceptors (Lipinski definition) is 3. The molecule has 0 amide bonds. The average molecular weight is 327 g/mol. The van der Waals surface area contributed by atoms with Gasteiger partial charge in [0.05, 0.1) is 0 Å². The minimum absolute atomic E-state index is 0.514. The molecule has 2 unspecified atom stereocenters. The molecule has 0 radical (unpaired) electrons. The molecule has 1 heterocycles. The van der Waals surface area contributed by atoms with Gasteiger partial charge in [-0.15, -0.1) is 0 Å². The molecule has 0 spiro atoms. The van der Waals surface area contributed by atoms with Gasteiger partial charge in [0, 0.05) is 23.6 Å². The predicted octanol–water partition coefficient (Wildman–Crippen LogP) is 2.89. The summed E-state index contributed by atoms with van der Waals surface area (Å²) in [6, 6.07) is 8.50. The largest absolute Gasteiger partial charge is 0.492 e. The summed E-state index contributed by atoms with van der Waals surface area (Å²) in [4.78, 5) is 2.48. The number of likely N-dealkylation sites (tertiary alicyclic amines) is 1. The Kier molecular flexibility index (Phi) is 5.67. The van der Waals surface area contributed by atoms with Crippen LogP contribution in [0.3, 0.4) is 0 Å². The van der Waals surface area contributed by atoms with E-state index >= 15 is 0 Å². The lowest BCUT2D eigenvalue weighted by atomic mass is 9.91. The third-order valence-corrected chi connectivity index (χ3v) is 4.41. The summed E-state index contributed by atoms with van der Waals surface area (Å²) in [5.41, 5.74) is 5.90. The zero-order chi connectivity index (χ0) is 13.7. The summed E-state index contributed by atoms with van der Waals surface area (Å²) in [6.45, 7) is 5.88. The highest BCUT2D eigenvalue weighted by atomic mass is 79.9. The molecule has 1 aromatic carbocycles. The van der Waals surface area contributed by atoms with Crippen molar-refractivity contribution in [3.8, 4) is 5.75 Å². The molecule has 0 aromatic heterocycles. The van der Waals surface area contributed by atoms with E-state index in [0.29, 0.717) is 12.0 Å². The Bertz CT molecular complexity index is 399. The van der Waals surface area contributed by atoms with E-state index in [1.165, 1.54) is 12.8 Å². The van der Waals surface area contributed by atoms with Crippen LogP contribution in [0.1, 0.15) is 19.8 Å². The minimum Gasteiger partial charge on any atom is -0.492 e. The van der Waals surface area contributed by atoms with E-state index in [9.17, 15) is 0 Å². The van der Waals surface area contributed by atoms with E-state index in [4.69, 9.17) is 10.5 Å². The third kappa shape index (κ3) is 4.20. The lowest BCUT2D eigenvalue weighted by Gasteiger charge is -2.39. The highest BCUT2D eigenvalue weighted by Gasteiger charge is 2.26. The molecule has 106 valence electrons. The van der Waals surface area contributed by atoms with Crippen molar-refractivity contribution in [3.05, 3.63) is 28.7 Å². The van der Waals surface area contributed by atoms with Crippen LogP contribution in [0.2, 0.25) is 0 Å². The van der Waals surface area contributed by atoms with Crippen LogP contribution in [0, 0.1) is 5.92 Å². The van der Waals surface area contributed by atoms with Crippen molar-refractivity contribution in [3.63, 3.8) is 0 Å². The van der Waals surface area contributed by atoms with E-state index in [1.54, 1.807) is 0 Å². The zero-order valence-electron chi connectivity index (χ0n) is 11.5. The molecular weight excluding hydrogens is 304 g/mol. The van der Waals surface area contributed by atoms with Crippen LogP contribution in [0.25, 0.3) is 0 Å². The Morgan fingerprint density at radius 2 is 2.32 bits per heavy atom. The van der Waals surface area contributed by atoms with E-state index in [1.807, 2.05) is 24.3 Å². The van der Waals surface area contributed by atoms with E-state index in [2.05, 4.69) is 27.8 Å². The van der Waals surface area contributed by atoms with Gasteiger partial charge in [0.2, 0.25) is 0 Å². The van der Waals surface area contributed by atoms with Gasteiger partial charge in [-0.25, -0.2) is 0 Å². The Morgan fingerprint density at radius 3 is 3.05 bits per heavy atom. The molecule has 2 atom stereocenters. The summed E-state index contributed by atoms with van der Waals surface area (Å²) >= 11 is 3.45. The van der Waals surface area contributed by atoms with Crippen molar-refractivity contribution in [2.75, 3.05) is 26.2 Å². The molecule has 1 aliphatic rings. The van der Waals surface area contributed by atoms with Crippen LogP contribution in [0.15, 0.2) is 28.7 Å². The smallest absolute Gasteiger partial charge is 0.120 e. The van der Waals surface area contributed by atoms with Crippen molar-refractivity contribution < 1.29 is 4.74 Å². The first-order valence-electron chi connectivity index (χ1n) is 7.03. The number of halogens is 1. The fraction of sp³-hybridized carbons (Fsp3) is 0.600. The highest BCUT2D eigenvalue weighted by Crippen LogP contribution is 2.22. The van der Waals surface area contributed by atoms with Crippen molar-refractivity contribution in [1.29, 1.82) is 0 Å². The molecule has 3 nitrogen and oxygen atoms in total. The molecule has 1 aromatic rings. The topological polar surface area (TPSA) is 38.5 Å². The molecule has 0 aliphatic carbocycles. The van der Waals surface area contributed by atoms with Gasteiger partial charge in [0.15, 0.2) is 0 Å². The summed E-state index contributed by atoms with van der Waals surface area (Å²) < 4.78 is 6.86. The molecule has 2 rings (SSSR count). The molecule has 0 saturated carbocycles. The van der Waals surface area contributed by atoms with Crippen LogP contribution in [0.4, 0.5) is 0 Å². The van der Waals surface area contributed by atoms with Gasteiger partial charge in [-0.3, -0.25) is 4.90 Å². The maximum absolute atomic E-state index is 5.90. The predicted molar refractivity (Wildman–Crippen MR) is 82.5 cm³/mol. The fourth-order valence-electron chi connectivity index (χ4n) is 2.83. The van der Waals surface area contributed by atoms with Gasteiger partial charge < -0.3 is 10.5 Å². The van der Waals surface area contributed by atoms with Gasteiger partial charge in [-0.05, 0) is 43.5 Å². The Balaban J connectivity index is 1.81. The van der Waals surface area contributed by atoms with Gasteiger partial charge in [-0.1, -0.05) is 28.9 Å². The van der Waals surface area contributed by atoms with E-state index in [0.717, 1.165) is 36.5 Å². The first kappa shape index (κ1) is 14.8. The van der Waals surface area contributed by atoms with Crippen molar-refractivity contribution in [2.45, 2.75) is 25.8 Å². The Labute approximate surface area is 124 Å². The number of ether oxygens (including phenoxy) is 1. The molecule has 19 heavy (non-hydrogen) atoms. The first-order chi connectivity index (χ1) is 9.20. The zero-order valence-corrected chi connectivity index (χ0v) is 13.1. The van der Waals surface area contributed by atoms with Crippen LogP contribution < -0.4 is 10.5 Å². The summed E-state index contributed by atoms with van der Waals surface area (Å²) in [7, 11) is 0. The first-order valence-corrected chi connectivity index (χ1v) is 7.82. The summed E-state index contributed by atoms with van der Waals surface area (Å²) in [5.74, 6) is 1.62. The number of benzene rings is 1. The second kappa shape index (κ2) is 7.27. The van der Waals surface area contributed by atoms with Crippen molar-refractivity contribution in [1.82, 2.24) is 4.90 Å². The second-order valence-electron chi connectivity index (χ2n) is 5.26. The lowest BCUT2D eigenvalue weighted by Crippen LogP contribution is -2.49. The summed E-state index contributed by atoms with van der Waals surface area (Å²) in [6.07, 6.45) is 2.57. The molecular formula is C15H23BrN2O. The van der Waals surface area contributed by atoms with Crippen LogP contribution in [-0.2, 0) is 0 Å². The quantitative estimate of drug-likeness (QED) is 0.904. The molecule has 2 N–H and O–H groups in total. The number of hydrogen-bond donors (Lipinski definition) is 1. The van der Waals surface area contributed by atoms with Gasteiger partial charge >= 0.3 is 0 Å². The normalized spacial score (nSPS) is 24.4. The molecule has 1 aliphatic heterocycles. The number of piperidine rings is 1. The number of nitrogens with two attached hydrogens (primary N) is 1. The summed E-state index contributed by atoms with van der Waals surface area (Å²) in [5, 5.41) is 0. The van der Waals surface area contributed by atoms with Crippen LogP contribution in [0.5, 0.6) is 5.75 Å². The third-order valence-electron chi connectivity index (χ3n) is 3.92. The Hall–Kier alpha value is -0.580. The molecule has 4 heteroatoms. The van der Waals surface area contributed by atoms with Crippen LogP contribution >= 0.6 is 15.9 Å². The maximum atomic E-state index is 5.90. The van der Waals surface area contributed by atoms with Gasteiger partial charge in [0.1, 0.15) is 12.4 Å². The molecule has 1 saturated heterocycles. The van der Waals surface area contributed by atoms with E-state index < -0.39 is 0 Å². The SMILES string of the molecule is CC1CCCN(CCOc2cccc(Br)c2)C1CN. The fourth-order valence-corrected chi connectivity index (χ4v) is 3.21. The standard InChI is InChI=1S/C15H23BrN2O/c1-12-4-3-7-18(15(12)11-17)8-9-19-14-6-2-5-13(16)10-14/h2,5-6,10,12,15H,3-4,7-9,11,17H2,1H3. The minimum atomic E-state index is 0.514.